The number of halogens is 4. The minimum absolute atomic E-state index is 0.0197. The summed E-state index contributed by atoms with van der Waals surface area (Å²) >= 11 is 1.85. The number of carbonyl (C=O) groups excluding carboxylic acids is 1. The molecule has 0 radical (unpaired) electrons. The van der Waals surface area contributed by atoms with Gasteiger partial charge >= 0.3 is 6.18 Å². The maximum atomic E-state index is 13.1. The third-order valence-corrected chi connectivity index (χ3v) is 6.87. The van der Waals surface area contributed by atoms with Crippen LogP contribution in [0, 0.1) is 15.4 Å². The van der Waals surface area contributed by atoms with Gasteiger partial charge in [-0.1, -0.05) is 0 Å². The SMILES string of the molecule is CC(C)(O)C1CC(NC2CCOCC2)C[C@H]1C(=O)NCc1cc(I)cc(C(F)(F)F)c1. The second kappa shape index (κ2) is 9.93. The molecule has 2 unspecified atom stereocenters. The summed E-state index contributed by atoms with van der Waals surface area (Å²) in [5, 5.41) is 17.1. The molecular formula is C22H30F3IN2O3. The molecule has 0 bridgehead atoms. The molecule has 1 saturated carbocycles. The van der Waals surface area contributed by atoms with E-state index in [1.807, 2.05) is 22.6 Å². The monoisotopic (exact) mass is 554 g/mol. The van der Waals surface area contributed by atoms with Crippen LogP contribution in [-0.4, -0.2) is 41.9 Å². The van der Waals surface area contributed by atoms with E-state index in [2.05, 4.69) is 10.6 Å². The Balaban J connectivity index is 1.65. The van der Waals surface area contributed by atoms with Gasteiger partial charge in [-0.2, -0.15) is 13.2 Å². The molecule has 31 heavy (non-hydrogen) atoms. The fourth-order valence-electron chi connectivity index (χ4n) is 4.68. The van der Waals surface area contributed by atoms with E-state index in [1.54, 1.807) is 19.9 Å². The molecule has 5 nitrogen and oxygen atoms in total. The van der Waals surface area contributed by atoms with Crippen LogP contribution in [0.15, 0.2) is 18.2 Å². The lowest BCUT2D eigenvalue weighted by Crippen LogP contribution is -2.41. The highest BCUT2D eigenvalue weighted by Crippen LogP contribution is 2.40. The Morgan fingerprint density at radius 3 is 2.45 bits per heavy atom. The molecule has 1 aliphatic heterocycles. The average molecular weight is 554 g/mol. The van der Waals surface area contributed by atoms with Crippen LogP contribution in [-0.2, 0) is 22.3 Å². The van der Waals surface area contributed by atoms with Crippen LogP contribution in [0.5, 0.6) is 0 Å². The van der Waals surface area contributed by atoms with E-state index in [0.29, 0.717) is 28.0 Å². The van der Waals surface area contributed by atoms with Crippen LogP contribution in [0.1, 0.15) is 50.7 Å². The number of amides is 1. The minimum atomic E-state index is -4.43. The molecule has 1 amide bonds. The predicted molar refractivity (Wildman–Crippen MR) is 119 cm³/mol. The first-order valence-electron chi connectivity index (χ1n) is 10.6. The number of benzene rings is 1. The minimum Gasteiger partial charge on any atom is -0.390 e. The molecule has 2 fully saturated rings. The second-order valence-corrected chi connectivity index (χ2v) is 10.4. The number of rotatable bonds is 6. The Morgan fingerprint density at radius 2 is 1.84 bits per heavy atom. The van der Waals surface area contributed by atoms with Crippen molar-refractivity contribution in [3.63, 3.8) is 0 Å². The van der Waals surface area contributed by atoms with Gasteiger partial charge in [-0.3, -0.25) is 4.79 Å². The third kappa shape index (κ3) is 6.79. The van der Waals surface area contributed by atoms with E-state index < -0.39 is 23.3 Å². The lowest BCUT2D eigenvalue weighted by atomic mass is 9.82. The van der Waals surface area contributed by atoms with E-state index in [9.17, 15) is 23.1 Å². The zero-order chi connectivity index (χ0) is 22.8. The van der Waals surface area contributed by atoms with E-state index in [0.717, 1.165) is 38.2 Å². The molecule has 0 aromatic heterocycles. The molecular weight excluding hydrogens is 524 g/mol. The Hall–Kier alpha value is -0.910. The van der Waals surface area contributed by atoms with Gasteiger partial charge in [0, 0.05) is 47.2 Å². The van der Waals surface area contributed by atoms with Gasteiger partial charge in [-0.25, -0.2) is 0 Å². The first kappa shape index (κ1) is 24.7. The van der Waals surface area contributed by atoms with Gasteiger partial charge in [0.05, 0.1) is 11.2 Å². The summed E-state index contributed by atoms with van der Waals surface area (Å²) in [6, 6.07) is 4.24. The molecule has 1 aromatic carbocycles. The quantitative estimate of drug-likeness (QED) is 0.468. The number of alkyl halides is 3. The van der Waals surface area contributed by atoms with Crippen LogP contribution in [0.2, 0.25) is 0 Å². The first-order valence-corrected chi connectivity index (χ1v) is 11.7. The van der Waals surface area contributed by atoms with Crippen molar-refractivity contribution in [1.29, 1.82) is 0 Å². The number of nitrogens with one attached hydrogen (secondary N) is 2. The molecule has 0 spiro atoms. The first-order chi connectivity index (χ1) is 14.4. The number of carbonyl (C=O) groups is 1. The summed E-state index contributed by atoms with van der Waals surface area (Å²) in [7, 11) is 0. The van der Waals surface area contributed by atoms with Crippen molar-refractivity contribution in [1.82, 2.24) is 10.6 Å². The number of aliphatic hydroxyl groups is 1. The van der Waals surface area contributed by atoms with Crippen molar-refractivity contribution in [2.75, 3.05) is 13.2 Å². The van der Waals surface area contributed by atoms with Crippen molar-refractivity contribution in [3.8, 4) is 0 Å². The van der Waals surface area contributed by atoms with Crippen molar-refractivity contribution in [3.05, 3.63) is 32.9 Å². The van der Waals surface area contributed by atoms with Crippen LogP contribution in [0.25, 0.3) is 0 Å². The molecule has 1 heterocycles. The van der Waals surface area contributed by atoms with E-state index in [1.165, 1.54) is 0 Å². The Labute approximate surface area is 194 Å². The molecule has 3 rings (SSSR count). The maximum Gasteiger partial charge on any atom is 0.416 e. The normalized spacial score (nSPS) is 25.6. The molecule has 1 aliphatic carbocycles. The van der Waals surface area contributed by atoms with Crippen LogP contribution in [0.4, 0.5) is 13.2 Å². The summed E-state index contributed by atoms with van der Waals surface area (Å²) in [6.45, 7) is 4.89. The summed E-state index contributed by atoms with van der Waals surface area (Å²) < 4.78 is 45.1. The van der Waals surface area contributed by atoms with Crippen molar-refractivity contribution in [2.24, 2.45) is 11.8 Å². The summed E-state index contributed by atoms with van der Waals surface area (Å²) in [5.41, 5.74) is -1.35. The molecule has 174 valence electrons. The Morgan fingerprint density at radius 1 is 1.16 bits per heavy atom. The van der Waals surface area contributed by atoms with Crippen LogP contribution in [0.3, 0.4) is 0 Å². The fourth-order valence-corrected chi connectivity index (χ4v) is 5.41. The van der Waals surface area contributed by atoms with Gasteiger partial charge in [0.2, 0.25) is 5.91 Å². The molecule has 1 saturated heterocycles. The molecule has 3 atom stereocenters. The highest BCUT2D eigenvalue weighted by Gasteiger charge is 2.45. The number of ether oxygens (including phenoxy) is 1. The molecule has 3 N–H and O–H groups in total. The molecule has 9 heteroatoms. The highest BCUT2D eigenvalue weighted by molar-refractivity contribution is 14.1. The van der Waals surface area contributed by atoms with E-state index in [-0.39, 0.29) is 24.4 Å². The third-order valence-electron chi connectivity index (χ3n) is 6.25. The largest absolute Gasteiger partial charge is 0.416 e. The average Bonchev–Trinajstić information content (AvgIpc) is 3.10. The topological polar surface area (TPSA) is 70.6 Å². The highest BCUT2D eigenvalue weighted by atomic mass is 127. The second-order valence-electron chi connectivity index (χ2n) is 9.15. The van der Waals surface area contributed by atoms with Gasteiger partial charge < -0.3 is 20.5 Å². The Bertz CT molecular complexity index is 776. The lowest BCUT2D eigenvalue weighted by Gasteiger charge is -2.30. The smallest absolute Gasteiger partial charge is 0.390 e. The summed E-state index contributed by atoms with van der Waals surface area (Å²) in [4.78, 5) is 13.0. The lowest BCUT2D eigenvalue weighted by molar-refractivity contribution is -0.137. The summed E-state index contributed by atoms with van der Waals surface area (Å²) in [5.74, 6) is -0.857. The Kier molecular flexibility index (Phi) is 7.92. The van der Waals surface area contributed by atoms with Gasteiger partial charge in [-0.05, 0) is 85.9 Å². The van der Waals surface area contributed by atoms with Crippen LogP contribution < -0.4 is 10.6 Å². The predicted octanol–water partition coefficient (Wildman–Crippen LogP) is 3.86. The molecule has 1 aromatic rings. The van der Waals surface area contributed by atoms with Gasteiger partial charge in [0.25, 0.3) is 0 Å². The maximum absolute atomic E-state index is 13.1. The van der Waals surface area contributed by atoms with Gasteiger partial charge in [0.15, 0.2) is 0 Å². The zero-order valence-electron chi connectivity index (χ0n) is 17.8. The van der Waals surface area contributed by atoms with Crippen molar-refractivity contribution >= 4 is 28.5 Å². The van der Waals surface area contributed by atoms with Crippen LogP contribution >= 0.6 is 22.6 Å². The number of hydrogen-bond acceptors (Lipinski definition) is 4. The fraction of sp³-hybridized carbons (Fsp3) is 0.682. The summed E-state index contributed by atoms with van der Waals surface area (Å²) in [6.07, 6.45) is -1.30. The standard InChI is InChI=1S/C22H30F3IN2O3/c1-21(2,30)19-11-17(28-16-3-5-31-6-4-16)10-18(19)20(29)27-12-13-7-14(22(23,24)25)9-15(26)8-13/h7-9,16-19,28,30H,3-6,10-12H2,1-2H3,(H,27,29)/t17?,18-,19?/m1/s1. The van der Waals surface area contributed by atoms with Gasteiger partial charge in [-0.15, -0.1) is 0 Å². The zero-order valence-corrected chi connectivity index (χ0v) is 19.9. The van der Waals surface area contributed by atoms with E-state index in [4.69, 9.17) is 4.74 Å². The van der Waals surface area contributed by atoms with Crippen molar-refractivity contribution in [2.45, 2.75) is 69.9 Å². The van der Waals surface area contributed by atoms with Gasteiger partial charge in [0.1, 0.15) is 0 Å². The van der Waals surface area contributed by atoms with E-state index >= 15 is 0 Å². The van der Waals surface area contributed by atoms with Crippen molar-refractivity contribution < 1.29 is 27.8 Å². The number of hydrogen-bond donors (Lipinski definition) is 3. The molecule has 2 aliphatic rings.